The molecule has 0 aliphatic heterocycles. The number of nitrogens with one attached hydrogen (secondary N) is 1. The minimum atomic E-state index is 0.453. The Morgan fingerprint density at radius 1 is 1.71 bits per heavy atom. The van der Waals surface area contributed by atoms with Gasteiger partial charge in [-0.3, -0.25) is 0 Å². The largest absolute Gasteiger partial charge is 0.306 e. The molecule has 3 heteroatoms. The Hall–Kier alpha value is -0.300. The van der Waals surface area contributed by atoms with Gasteiger partial charge in [0, 0.05) is 23.4 Å². The van der Waals surface area contributed by atoms with Crippen molar-refractivity contribution >= 4 is 27.3 Å². The normalized spacial score (nSPS) is 20.6. The highest BCUT2D eigenvalue weighted by atomic mass is 79.9. The molecule has 17 heavy (non-hydrogen) atoms. The van der Waals surface area contributed by atoms with Crippen molar-refractivity contribution in [3.8, 4) is 12.3 Å². The SMILES string of the molecule is C#CCC(CC)NC1CCCc2sc(Br)cc21. The highest BCUT2D eigenvalue weighted by Gasteiger charge is 2.23. The monoisotopic (exact) mass is 311 g/mol. The van der Waals surface area contributed by atoms with E-state index in [1.807, 2.05) is 11.3 Å². The van der Waals surface area contributed by atoms with E-state index in [9.17, 15) is 0 Å². The molecule has 1 nitrogen and oxygen atoms in total. The van der Waals surface area contributed by atoms with Gasteiger partial charge in [0.2, 0.25) is 0 Å². The van der Waals surface area contributed by atoms with E-state index in [4.69, 9.17) is 6.42 Å². The van der Waals surface area contributed by atoms with Gasteiger partial charge in [-0.15, -0.1) is 23.7 Å². The van der Waals surface area contributed by atoms with Gasteiger partial charge in [0.1, 0.15) is 0 Å². The fourth-order valence-electron chi connectivity index (χ4n) is 2.44. The molecule has 2 atom stereocenters. The van der Waals surface area contributed by atoms with Crippen molar-refractivity contribution in [3.05, 3.63) is 20.3 Å². The first kappa shape index (κ1) is 13.1. The van der Waals surface area contributed by atoms with Gasteiger partial charge in [-0.1, -0.05) is 6.92 Å². The van der Waals surface area contributed by atoms with Crippen LogP contribution in [0.5, 0.6) is 0 Å². The zero-order valence-electron chi connectivity index (χ0n) is 10.1. The smallest absolute Gasteiger partial charge is 0.0704 e. The van der Waals surface area contributed by atoms with Gasteiger partial charge >= 0.3 is 0 Å². The first-order valence-electron chi connectivity index (χ1n) is 6.22. The number of fused-ring (bicyclic) bond motifs is 1. The first-order valence-corrected chi connectivity index (χ1v) is 7.83. The molecule has 1 aliphatic rings. The average molecular weight is 312 g/mol. The minimum Gasteiger partial charge on any atom is -0.306 e. The summed E-state index contributed by atoms with van der Waals surface area (Å²) in [5, 5.41) is 3.72. The third-order valence-corrected chi connectivity index (χ3v) is 5.09. The van der Waals surface area contributed by atoms with E-state index in [1.165, 1.54) is 33.5 Å². The molecule has 0 saturated carbocycles. The standard InChI is InChI=1S/C14H18BrNS/c1-3-6-10(4-2)16-12-7-5-8-13-11(12)9-14(15)17-13/h1,9-10,12,16H,4-8H2,2H3. The van der Waals surface area contributed by atoms with Crippen LogP contribution in [-0.2, 0) is 6.42 Å². The predicted octanol–water partition coefficient (Wildman–Crippen LogP) is 4.28. The fraction of sp³-hybridized carbons (Fsp3) is 0.571. The molecular weight excluding hydrogens is 294 g/mol. The molecule has 0 spiro atoms. The lowest BCUT2D eigenvalue weighted by molar-refractivity contribution is 0.392. The van der Waals surface area contributed by atoms with Crippen LogP contribution in [0.1, 0.15) is 49.1 Å². The summed E-state index contributed by atoms with van der Waals surface area (Å²) in [6, 6.07) is 3.23. The molecule has 1 aliphatic carbocycles. The van der Waals surface area contributed by atoms with Crippen molar-refractivity contribution in [2.24, 2.45) is 0 Å². The molecule has 0 radical (unpaired) electrons. The van der Waals surface area contributed by atoms with E-state index in [-0.39, 0.29) is 0 Å². The second kappa shape index (κ2) is 6.04. The maximum Gasteiger partial charge on any atom is 0.0704 e. The summed E-state index contributed by atoms with van der Waals surface area (Å²) in [6.07, 6.45) is 11.1. The van der Waals surface area contributed by atoms with Crippen molar-refractivity contribution in [1.29, 1.82) is 0 Å². The predicted molar refractivity (Wildman–Crippen MR) is 78.4 cm³/mol. The van der Waals surface area contributed by atoms with Crippen LogP contribution in [0.4, 0.5) is 0 Å². The van der Waals surface area contributed by atoms with Crippen molar-refractivity contribution in [2.75, 3.05) is 0 Å². The van der Waals surface area contributed by atoms with Crippen molar-refractivity contribution in [1.82, 2.24) is 5.32 Å². The highest BCUT2D eigenvalue weighted by Crippen LogP contribution is 2.38. The summed E-state index contributed by atoms with van der Waals surface area (Å²) in [4.78, 5) is 1.54. The number of halogens is 1. The maximum absolute atomic E-state index is 5.41. The van der Waals surface area contributed by atoms with Gasteiger partial charge in [-0.05, 0) is 53.2 Å². The van der Waals surface area contributed by atoms with Gasteiger partial charge in [0.25, 0.3) is 0 Å². The summed E-state index contributed by atoms with van der Waals surface area (Å²) >= 11 is 5.47. The number of rotatable bonds is 4. The summed E-state index contributed by atoms with van der Waals surface area (Å²) in [5.74, 6) is 2.77. The van der Waals surface area contributed by atoms with Gasteiger partial charge in [-0.2, -0.15) is 0 Å². The second-order valence-electron chi connectivity index (χ2n) is 4.55. The molecule has 1 aromatic rings. The molecular formula is C14H18BrNS. The van der Waals surface area contributed by atoms with Gasteiger partial charge in [-0.25, -0.2) is 0 Å². The minimum absolute atomic E-state index is 0.453. The first-order chi connectivity index (χ1) is 8.24. The van der Waals surface area contributed by atoms with Crippen LogP contribution in [0.2, 0.25) is 0 Å². The van der Waals surface area contributed by atoms with Crippen molar-refractivity contribution in [2.45, 2.75) is 51.1 Å². The Labute approximate surface area is 116 Å². The van der Waals surface area contributed by atoms with Crippen molar-refractivity contribution in [3.63, 3.8) is 0 Å². The highest BCUT2D eigenvalue weighted by molar-refractivity contribution is 9.11. The Balaban J connectivity index is 2.10. The Bertz CT molecular complexity index is 418. The molecule has 92 valence electrons. The number of hydrogen-bond acceptors (Lipinski definition) is 2. The lowest BCUT2D eigenvalue weighted by Gasteiger charge is -2.27. The Morgan fingerprint density at radius 3 is 3.24 bits per heavy atom. The van der Waals surface area contributed by atoms with Crippen LogP contribution in [0.15, 0.2) is 9.85 Å². The summed E-state index contributed by atoms with van der Waals surface area (Å²) in [7, 11) is 0. The van der Waals surface area contributed by atoms with E-state index in [1.54, 1.807) is 0 Å². The molecule has 0 amide bonds. The van der Waals surface area contributed by atoms with Crippen LogP contribution in [-0.4, -0.2) is 6.04 Å². The Kier molecular flexibility index (Phi) is 4.67. The quantitative estimate of drug-likeness (QED) is 0.818. The second-order valence-corrected chi connectivity index (χ2v) is 7.07. The molecule has 1 heterocycles. The van der Waals surface area contributed by atoms with E-state index in [0.29, 0.717) is 12.1 Å². The summed E-state index contributed by atoms with van der Waals surface area (Å²) < 4.78 is 1.25. The summed E-state index contributed by atoms with van der Waals surface area (Å²) in [5.41, 5.74) is 1.49. The molecule has 1 N–H and O–H groups in total. The summed E-state index contributed by atoms with van der Waals surface area (Å²) in [6.45, 7) is 2.20. The lowest BCUT2D eigenvalue weighted by atomic mass is 9.93. The number of aryl methyl sites for hydroxylation is 1. The molecule has 1 aromatic heterocycles. The van der Waals surface area contributed by atoms with Crippen LogP contribution in [0.3, 0.4) is 0 Å². The average Bonchev–Trinajstić information content (AvgIpc) is 2.70. The fourth-order valence-corrected chi connectivity index (χ4v) is 4.26. The lowest BCUT2D eigenvalue weighted by Crippen LogP contribution is -2.33. The maximum atomic E-state index is 5.41. The van der Waals surface area contributed by atoms with E-state index >= 15 is 0 Å². The molecule has 0 aromatic carbocycles. The number of hydrogen-bond donors (Lipinski definition) is 1. The van der Waals surface area contributed by atoms with E-state index in [0.717, 1.165) is 12.8 Å². The molecule has 0 bridgehead atoms. The third-order valence-electron chi connectivity index (χ3n) is 3.38. The van der Waals surface area contributed by atoms with Crippen LogP contribution in [0, 0.1) is 12.3 Å². The zero-order chi connectivity index (χ0) is 12.3. The van der Waals surface area contributed by atoms with E-state index in [2.05, 4.69) is 40.2 Å². The molecule has 2 rings (SSSR count). The molecule has 0 saturated heterocycles. The topological polar surface area (TPSA) is 12.0 Å². The van der Waals surface area contributed by atoms with Gasteiger partial charge in [0.05, 0.1) is 3.79 Å². The van der Waals surface area contributed by atoms with Crippen LogP contribution < -0.4 is 5.32 Å². The van der Waals surface area contributed by atoms with Crippen LogP contribution >= 0.6 is 27.3 Å². The van der Waals surface area contributed by atoms with Crippen LogP contribution in [0.25, 0.3) is 0 Å². The molecule has 0 fully saturated rings. The molecule has 2 unspecified atom stereocenters. The Morgan fingerprint density at radius 2 is 2.53 bits per heavy atom. The van der Waals surface area contributed by atoms with Gasteiger partial charge in [0.15, 0.2) is 0 Å². The number of thiophene rings is 1. The zero-order valence-corrected chi connectivity index (χ0v) is 12.5. The van der Waals surface area contributed by atoms with Crippen molar-refractivity contribution < 1.29 is 0 Å². The van der Waals surface area contributed by atoms with Gasteiger partial charge < -0.3 is 5.32 Å². The third kappa shape index (κ3) is 3.13. The number of terminal acetylenes is 1. The van der Waals surface area contributed by atoms with E-state index < -0.39 is 0 Å².